The molecule has 0 aliphatic carbocycles. The summed E-state index contributed by atoms with van der Waals surface area (Å²) in [6, 6.07) is 14.2. The summed E-state index contributed by atoms with van der Waals surface area (Å²) in [5, 5.41) is 8.85. The van der Waals surface area contributed by atoms with Crippen LogP contribution in [-0.2, 0) is 17.8 Å². The van der Waals surface area contributed by atoms with Crippen LogP contribution in [-0.4, -0.2) is 35.4 Å². The molecule has 2 aliphatic rings. The summed E-state index contributed by atoms with van der Waals surface area (Å²) >= 11 is 0. The van der Waals surface area contributed by atoms with E-state index in [0.29, 0.717) is 11.6 Å². The Kier molecular flexibility index (Phi) is 4.57. The highest BCUT2D eigenvalue weighted by Crippen LogP contribution is 2.26. The molecule has 0 N–H and O–H groups in total. The summed E-state index contributed by atoms with van der Waals surface area (Å²) in [7, 11) is 0. The van der Waals surface area contributed by atoms with Gasteiger partial charge in [-0.2, -0.15) is 5.26 Å². The van der Waals surface area contributed by atoms with Crippen LogP contribution >= 0.6 is 0 Å². The molecule has 4 rings (SSSR count). The second-order valence-corrected chi connectivity index (χ2v) is 7.05. The van der Waals surface area contributed by atoms with Crippen molar-refractivity contribution in [2.24, 2.45) is 5.92 Å². The van der Waals surface area contributed by atoms with Crippen molar-refractivity contribution in [3.05, 3.63) is 59.4 Å². The Morgan fingerprint density at radius 1 is 1.08 bits per heavy atom. The molecule has 1 fully saturated rings. The minimum atomic E-state index is 0.114. The lowest BCUT2D eigenvalue weighted by Crippen LogP contribution is -2.44. The number of carbonyl (C=O) groups excluding carboxylic acids is 1. The van der Waals surface area contributed by atoms with Gasteiger partial charge in [-0.3, -0.25) is 4.79 Å². The molecular weight excluding hydrogens is 324 g/mol. The zero-order valence-corrected chi connectivity index (χ0v) is 14.8. The van der Waals surface area contributed by atoms with Gasteiger partial charge in [-0.05, 0) is 42.5 Å². The average Bonchev–Trinajstić information content (AvgIpc) is 2.73. The second-order valence-electron chi connectivity index (χ2n) is 7.05. The predicted octanol–water partition coefficient (Wildman–Crippen LogP) is 2.75. The summed E-state index contributed by atoms with van der Waals surface area (Å²) < 4.78 is 0. The van der Waals surface area contributed by atoms with Gasteiger partial charge in [0.25, 0.3) is 0 Å². The van der Waals surface area contributed by atoms with Crippen LogP contribution in [0.15, 0.2) is 42.6 Å². The van der Waals surface area contributed by atoms with Crippen LogP contribution in [0, 0.1) is 17.2 Å². The van der Waals surface area contributed by atoms with E-state index in [9.17, 15) is 4.79 Å². The highest BCUT2D eigenvalue weighted by atomic mass is 16.2. The lowest BCUT2D eigenvalue weighted by molar-refractivity contribution is -0.137. The number of fused-ring (bicyclic) bond motifs is 1. The third kappa shape index (κ3) is 3.28. The first kappa shape index (κ1) is 16.6. The molecule has 3 heterocycles. The molecule has 5 nitrogen and oxygen atoms in total. The third-order valence-electron chi connectivity index (χ3n) is 5.51. The van der Waals surface area contributed by atoms with Crippen LogP contribution in [0.2, 0.25) is 0 Å². The van der Waals surface area contributed by atoms with Crippen molar-refractivity contribution in [1.82, 2.24) is 9.88 Å². The molecular formula is C21H22N4O. The van der Waals surface area contributed by atoms with Gasteiger partial charge in [0.05, 0.1) is 11.9 Å². The Morgan fingerprint density at radius 3 is 2.54 bits per heavy atom. The maximum atomic E-state index is 12.9. The van der Waals surface area contributed by atoms with E-state index in [4.69, 9.17) is 5.26 Å². The molecule has 26 heavy (non-hydrogen) atoms. The van der Waals surface area contributed by atoms with Crippen LogP contribution in [0.25, 0.3) is 0 Å². The number of benzene rings is 1. The van der Waals surface area contributed by atoms with Crippen molar-refractivity contribution in [3.8, 4) is 6.07 Å². The van der Waals surface area contributed by atoms with Crippen LogP contribution in [0.1, 0.15) is 29.7 Å². The van der Waals surface area contributed by atoms with Gasteiger partial charge in [0, 0.05) is 32.1 Å². The fourth-order valence-electron chi connectivity index (χ4n) is 3.97. The van der Waals surface area contributed by atoms with Crippen LogP contribution in [0.5, 0.6) is 0 Å². The number of aromatic nitrogens is 1. The molecule has 0 unspecified atom stereocenters. The van der Waals surface area contributed by atoms with E-state index in [1.165, 1.54) is 11.1 Å². The Balaban J connectivity index is 1.36. The van der Waals surface area contributed by atoms with Crippen molar-refractivity contribution >= 4 is 11.6 Å². The standard InChI is InChI=1S/C21H22N4O/c22-13-19-5-6-20(14-23-19)24-10-8-17(9-11-24)21(26)25-12-7-16-3-1-2-4-18(16)15-25/h1-6,14,17H,7-12,15H2. The maximum absolute atomic E-state index is 12.9. The van der Waals surface area contributed by atoms with Crippen LogP contribution in [0.3, 0.4) is 0 Å². The number of hydrogen-bond acceptors (Lipinski definition) is 4. The van der Waals surface area contributed by atoms with Crippen LogP contribution < -0.4 is 4.90 Å². The van der Waals surface area contributed by atoms with Crippen molar-refractivity contribution in [2.75, 3.05) is 24.5 Å². The van der Waals surface area contributed by atoms with Crippen molar-refractivity contribution in [1.29, 1.82) is 5.26 Å². The van der Waals surface area contributed by atoms with E-state index in [1.807, 2.05) is 17.0 Å². The summed E-state index contributed by atoms with van der Waals surface area (Å²) in [6.45, 7) is 3.28. The van der Waals surface area contributed by atoms with E-state index in [-0.39, 0.29) is 5.92 Å². The largest absolute Gasteiger partial charge is 0.370 e. The molecule has 2 aliphatic heterocycles. The predicted molar refractivity (Wildman–Crippen MR) is 99.5 cm³/mol. The summed E-state index contributed by atoms with van der Waals surface area (Å²) in [6.07, 6.45) is 4.45. The highest BCUT2D eigenvalue weighted by molar-refractivity contribution is 5.79. The highest BCUT2D eigenvalue weighted by Gasteiger charge is 2.30. The van der Waals surface area contributed by atoms with E-state index >= 15 is 0 Å². The molecule has 1 amide bonds. The molecule has 1 aromatic carbocycles. The van der Waals surface area contributed by atoms with E-state index in [1.54, 1.807) is 12.3 Å². The number of carbonyl (C=O) groups is 1. The first-order valence-corrected chi connectivity index (χ1v) is 9.21. The Bertz CT molecular complexity index is 832. The van der Waals surface area contributed by atoms with Gasteiger partial charge in [-0.25, -0.2) is 4.98 Å². The van der Waals surface area contributed by atoms with Gasteiger partial charge in [0.1, 0.15) is 11.8 Å². The number of rotatable bonds is 2. The minimum absolute atomic E-state index is 0.114. The second kappa shape index (κ2) is 7.17. The van der Waals surface area contributed by atoms with Gasteiger partial charge in [0.2, 0.25) is 5.91 Å². The molecule has 0 spiro atoms. The summed E-state index contributed by atoms with van der Waals surface area (Å²) in [5.74, 6) is 0.417. The molecule has 0 bridgehead atoms. The smallest absolute Gasteiger partial charge is 0.226 e. The lowest BCUT2D eigenvalue weighted by atomic mass is 9.93. The fourth-order valence-corrected chi connectivity index (χ4v) is 3.97. The van der Waals surface area contributed by atoms with Gasteiger partial charge in [-0.1, -0.05) is 24.3 Å². The number of amides is 1. The molecule has 0 radical (unpaired) electrons. The molecule has 2 aromatic rings. The van der Waals surface area contributed by atoms with Crippen molar-refractivity contribution in [2.45, 2.75) is 25.8 Å². The topological polar surface area (TPSA) is 60.2 Å². The summed E-state index contributed by atoms with van der Waals surface area (Å²) in [5.41, 5.74) is 4.12. The van der Waals surface area contributed by atoms with E-state index in [2.05, 4.69) is 34.1 Å². The average molecular weight is 346 g/mol. The Hall–Kier alpha value is -2.87. The SMILES string of the molecule is N#Cc1ccc(N2CCC(C(=O)N3CCc4ccccc4C3)CC2)cn1. The normalized spacial score (nSPS) is 17.5. The van der Waals surface area contributed by atoms with Crippen LogP contribution in [0.4, 0.5) is 5.69 Å². The Labute approximate surface area is 153 Å². The zero-order chi connectivity index (χ0) is 17.9. The monoisotopic (exact) mass is 346 g/mol. The van der Waals surface area contributed by atoms with Crippen molar-refractivity contribution < 1.29 is 4.79 Å². The number of hydrogen-bond donors (Lipinski definition) is 0. The molecule has 1 aromatic heterocycles. The number of nitriles is 1. The molecule has 132 valence electrons. The van der Waals surface area contributed by atoms with Gasteiger partial charge in [-0.15, -0.1) is 0 Å². The number of pyridine rings is 1. The number of nitrogens with zero attached hydrogens (tertiary/aromatic N) is 4. The third-order valence-corrected chi connectivity index (χ3v) is 5.51. The lowest BCUT2D eigenvalue weighted by Gasteiger charge is -2.36. The quantitative estimate of drug-likeness (QED) is 0.839. The molecule has 0 saturated carbocycles. The van der Waals surface area contributed by atoms with E-state index < -0.39 is 0 Å². The van der Waals surface area contributed by atoms with E-state index in [0.717, 1.165) is 51.1 Å². The van der Waals surface area contributed by atoms with Gasteiger partial charge in [0.15, 0.2) is 0 Å². The number of anilines is 1. The number of piperidine rings is 1. The Morgan fingerprint density at radius 2 is 1.85 bits per heavy atom. The first-order chi connectivity index (χ1) is 12.7. The van der Waals surface area contributed by atoms with Gasteiger partial charge < -0.3 is 9.80 Å². The first-order valence-electron chi connectivity index (χ1n) is 9.21. The van der Waals surface area contributed by atoms with Crippen molar-refractivity contribution in [3.63, 3.8) is 0 Å². The molecule has 5 heteroatoms. The minimum Gasteiger partial charge on any atom is -0.370 e. The molecule has 1 saturated heterocycles. The molecule has 0 atom stereocenters. The summed E-state index contributed by atoms with van der Waals surface area (Å²) in [4.78, 5) is 21.4. The zero-order valence-electron chi connectivity index (χ0n) is 14.8. The fraction of sp³-hybridized carbons (Fsp3) is 0.381. The maximum Gasteiger partial charge on any atom is 0.226 e. The van der Waals surface area contributed by atoms with Gasteiger partial charge >= 0.3 is 0 Å².